The second-order valence-corrected chi connectivity index (χ2v) is 6.99. The summed E-state index contributed by atoms with van der Waals surface area (Å²) < 4.78 is 42.8. The number of amides is 1. The number of carbonyl (C=O) groups is 1. The van der Waals surface area contributed by atoms with Gasteiger partial charge in [0, 0.05) is 0 Å². The minimum Gasteiger partial charge on any atom is -0.394 e. The average molecular weight is 408 g/mol. The van der Waals surface area contributed by atoms with Gasteiger partial charge < -0.3 is 10.4 Å². The Morgan fingerprint density at radius 2 is 1.83 bits per heavy atom. The lowest BCUT2D eigenvalue weighted by Crippen LogP contribution is -2.26. The summed E-state index contributed by atoms with van der Waals surface area (Å²) in [6.07, 6.45) is 5.41. The highest BCUT2D eigenvalue weighted by Crippen LogP contribution is 2.35. The summed E-state index contributed by atoms with van der Waals surface area (Å²) in [6, 6.07) is 6.49. The number of hydrogen-bond acceptors (Lipinski definition) is 4. The summed E-state index contributed by atoms with van der Waals surface area (Å²) in [5, 5.41) is 11.2. The summed E-state index contributed by atoms with van der Waals surface area (Å²) in [5.74, 6) is -3.67. The third-order valence-corrected chi connectivity index (χ3v) is 5.03. The van der Waals surface area contributed by atoms with E-state index in [0.717, 1.165) is 43.4 Å². The predicted molar refractivity (Wildman–Crippen MR) is 102 cm³/mol. The van der Waals surface area contributed by atoms with E-state index in [2.05, 4.69) is 5.32 Å². The molecule has 0 aliphatic heterocycles. The Bertz CT molecular complexity index is 870. The van der Waals surface area contributed by atoms with Gasteiger partial charge in [0.05, 0.1) is 30.2 Å². The summed E-state index contributed by atoms with van der Waals surface area (Å²) in [6.45, 7) is -0.503. The van der Waals surface area contributed by atoms with Crippen LogP contribution in [0.4, 0.5) is 24.5 Å². The first-order valence-corrected chi connectivity index (χ1v) is 9.58. The van der Waals surface area contributed by atoms with Crippen molar-refractivity contribution in [1.82, 2.24) is 5.48 Å². The average Bonchev–Trinajstić information content (AvgIpc) is 2.73. The highest BCUT2D eigenvalue weighted by Gasteiger charge is 2.21. The van der Waals surface area contributed by atoms with Crippen molar-refractivity contribution in [3.05, 3.63) is 58.9 Å². The number of rotatable bonds is 7. The first-order valence-electron chi connectivity index (χ1n) is 9.58. The molecule has 1 amide bonds. The maximum absolute atomic E-state index is 14.7. The van der Waals surface area contributed by atoms with Gasteiger partial charge >= 0.3 is 0 Å². The van der Waals surface area contributed by atoms with Crippen LogP contribution in [0.5, 0.6) is 0 Å². The van der Waals surface area contributed by atoms with Crippen LogP contribution in [0.2, 0.25) is 0 Å². The number of hydrogen-bond donors (Lipinski definition) is 3. The van der Waals surface area contributed by atoms with Crippen LogP contribution in [-0.2, 0) is 4.84 Å². The van der Waals surface area contributed by atoms with E-state index in [0.29, 0.717) is 5.92 Å². The zero-order valence-corrected chi connectivity index (χ0v) is 15.8. The van der Waals surface area contributed by atoms with Crippen molar-refractivity contribution in [2.75, 3.05) is 18.5 Å². The number of aliphatic hydroxyl groups is 1. The van der Waals surface area contributed by atoms with Gasteiger partial charge in [-0.2, -0.15) is 0 Å². The number of carbonyl (C=O) groups excluding carboxylic acids is 1. The predicted octanol–water partition coefficient (Wildman–Crippen LogP) is 4.55. The summed E-state index contributed by atoms with van der Waals surface area (Å²) in [4.78, 5) is 16.9. The van der Waals surface area contributed by atoms with Crippen LogP contribution >= 0.6 is 0 Å². The van der Waals surface area contributed by atoms with Crippen molar-refractivity contribution < 1.29 is 27.9 Å². The molecular weight excluding hydrogens is 385 g/mol. The molecule has 1 aliphatic rings. The van der Waals surface area contributed by atoms with Crippen LogP contribution in [0.25, 0.3) is 0 Å². The van der Waals surface area contributed by atoms with E-state index >= 15 is 0 Å². The van der Waals surface area contributed by atoms with Crippen LogP contribution < -0.4 is 10.8 Å². The Morgan fingerprint density at radius 3 is 2.52 bits per heavy atom. The third-order valence-electron chi connectivity index (χ3n) is 5.03. The fourth-order valence-electron chi connectivity index (χ4n) is 3.54. The molecule has 0 heterocycles. The third kappa shape index (κ3) is 5.07. The first-order chi connectivity index (χ1) is 14.0. The van der Waals surface area contributed by atoms with Crippen LogP contribution in [0.3, 0.4) is 0 Å². The van der Waals surface area contributed by atoms with Crippen molar-refractivity contribution in [3.63, 3.8) is 0 Å². The maximum Gasteiger partial charge on any atom is 0.277 e. The van der Waals surface area contributed by atoms with Gasteiger partial charge in [0.15, 0.2) is 11.6 Å². The van der Waals surface area contributed by atoms with Gasteiger partial charge in [-0.25, -0.2) is 18.7 Å². The Balaban J connectivity index is 1.85. The molecule has 0 aromatic heterocycles. The van der Waals surface area contributed by atoms with E-state index in [9.17, 15) is 18.0 Å². The molecule has 2 aromatic carbocycles. The van der Waals surface area contributed by atoms with Crippen LogP contribution in [0.15, 0.2) is 30.3 Å². The molecule has 0 spiro atoms. The molecule has 5 nitrogen and oxygen atoms in total. The van der Waals surface area contributed by atoms with Crippen LogP contribution in [0.1, 0.15) is 53.9 Å². The molecule has 0 bridgehead atoms. The lowest BCUT2D eigenvalue weighted by molar-refractivity contribution is 0.0168. The minimum atomic E-state index is -1.31. The topological polar surface area (TPSA) is 70.6 Å². The van der Waals surface area contributed by atoms with Gasteiger partial charge in [-0.05, 0) is 48.6 Å². The smallest absolute Gasteiger partial charge is 0.277 e. The van der Waals surface area contributed by atoms with Crippen LogP contribution in [0, 0.1) is 17.5 Å². The molecule has 0 unspecified atom stereocenters. The molecule has 8 heteroatoms. The fraction of sp³-hybridized carbons (Fsp3) is 0.381. The Hall–Kier alpha value is -2.58. The Kier molecular flexibility index (Phi) is 7.11. The minimum absolute atomic E-state index is 0.0700. The molecule has 1 aliphatic carbocycles. The lowest BCUT2D eigenvalue weighted by Gasteiger charge is -2.22. The number of anilines is 2. The van der Waals surface area contributed by atoms with Gasteiger partial charge in [0.1, 0.15) is 5.82 Å². The van der Waals surface area contributed by atoms with Gasteiger partial charge in [-0.1, -0.05) is 25.3 Å². The van der Waals surface area contributed by atoms with Gasteiger partial charge in [0.2, 0.25) is 0 Å². The SMILES string of the molecule is O=C(NOCCO)c1ccc(F)c(F)c1Nc1ccc(C2CCCCC2)cc1F. The zero-order valence-electron chi connectivity index (χ0n) is 15.8. The fourth-order valence-corrected chi connectivity index (χ4v) is 3.54. The number of halogens is 3. The Labute approximate surface area is 166 Å². The van der Waals surface area contributed by atoms with E-state index in [1.54, 1.807) is 6.07 Å². The second kappa shape index (κ2) is 9.76. The van der Waals surface area contributed by atoms with E-state index in [1.807, 2.05) is 5.48 Å². The van der Waals surface area contributed by atoms with Crippen molar-refractivity contribution in [3.8, 4) is 0 Å². The van der Waals surface area contributed by atoms with Gasteiger partial charge in [-0.3, -0.25) is 9.63 Å². The molecule has 1 fully saturated rings. The molecular formula is C21H23F3N2O3. The lowest BCUT2D eigenvalue weighted by atomic mass is 9.84. The molecule has 2 aromatic rings. The highest BCUT2D eigenvalue weighted by molar-refractivity contribution is 6.00. The Morgan fingerprint density at radius 1 is 1.07 bits per heavy atom. The van der Waals surface area contributed by atoms with Crippen molar-refractivity contribution in [1.29, 1.82) is 0 Å². The molecule has 3 N–H and O–H groups in total. The van der Waals surface area contributed by atoms with E-state index in [4.69, 9.17) is 9.94 Å². The summed E-state index contributed by atoms with van der Waals surface area (Å²) in [5.41, 5.74) is 2.06. The molecule has 0 saturated heterocycles. The molecule has 0 radical (unpaired) electrons. The maximum atomic E-state index is 14.7. The van der Waals surface area contributed by atoms with E-state index in [1.165, 1.54) is 18.6 Å². The largest absolute Gasteiger partial charge is 0.394 e. The normalized spacial score (nSPS) is 14.6. The number of nitrogens with one attached hydrogen (secondary N) is 2. The van der Waals surface area contributed by atoms with E-state index < -0.39 is 29.0 Å². The quantitative estimate of drug-likeness (QED) is 0.464. The van der Waals surface area contributed by atoms with Crippen molar-refractivity contribution in [2.45, 2.75) is 38.0 Å². The molecule has 1 saturated carbocycles. The number of hydroxylamine groups is 1. The van der Waals surface area contributed by atoms with Gasteiger partial charge in [0.25, 0.3) is 5.91 Å². The molecule has 3 rings (SSSR count). The molecule has 0 atom stereocenters. The zero-order chi connectivity index (χ0) is 20.8. The monoisotopic (exact) mass is 408 g/mol. The number of aliphatic hydroxyl groups excluding tert-OH is 1. The molecule has 156 valence electrons. The second-order valence-electron chi connectivity index (χ2n) is 6.99. The van der Waals surface area contributed by atoms with Crippen molar-refractivity contribution >= 4 is 17.3 Å². The highest BCUT2D eigenvalue weighted by atomic mass is 19.2. The number of benzene rings is 2. The van der Waals surface area contributed by atoms with Crippen LogP contribution in [-0.4, -0.2) is 24.2 Å². The first kappa shape index (κ1) is 21.1. The summed E-state index contributed by atoms with van der Waals surface area (Å²) >= 11 is 0. The molecule has 29 heavy (non-hydrogen) atoms. The van der Waals surface area contributed by atoms with E-state index in [-0.39, 0.29) is 24.5 Å². The summed E-state index contributed by atoms with van der Waals surface area (Å²) in [7, 11) is 0. The standard InChI is InChI=1S/C21H23F3N2O3/c22-16-8-7-15(21(28)26-29-11-10-27)20(19(16)24)25-18-9-6-14(12-17(18)23)13-4-2-1-3-5-13/h6-9,12-13,25,27H,1-5,10-11H2,(H,26,28). The van der Waals surface area contributed by atoms with Crippen molar-refractivity contribution in [2.24, 2.45) is 0 Å². The van der Waals surface area contributed by atoms with Gasteiger partial charge in [-0.15, -0.1) is 0 Å².